The van der Waals surface area contributed by atoms with Crippen LogP contribution in [0, 0.1) is 5.92 Å². The number of Topliss-reactive ketones (excluding diaryl/α,β-unsaturated/α-hetero) is 1. The molecule has 0 saturated heterocycles. The van der Waals surface area contributed by atoms with Gasteiger partial charge in [0.1, 0.15) is 0 Å². The van der Waals surface area contributed by atoms with E-state index in [1.807, 2.05) is 22.9 Å². The number of rotatable bonds is 6. The number of hydrogen-bond donors (Lipinski definition) is 0. The highest BCUT2D eigenvalue weighted by molar-refractivity contribution is 7.13. The van der Waals surface area contributed by atoms with Gasteiger partial charge in [-0.2, -0.15) is 0 Å². The molecule has 1 aliphatic carbocycles. The summed E-state index contributed by atoms with van der Waals surface area (Å²) in [6.45, 7) is 2.06. The number of ketones is 1. The number of ether oxygens (including phenoxy) is 1. The van der Waals surface area contributed by atoms with Gasteiger partial charge in [0.25, 0.3) is 0 Å². The summed E-state index contributed by atoms with van der Waals surface area (Å²) in [4.78, 5) is 35.1. The first-order valence-corrected chi connectivity index (χ1v) is 12.5. The van der Waals surface area contributed by atoms with E-state index in [0.717, 1.165) is 10.0 Å². The van der Waals surface area contributed by atoms with E-state index in [4.69, 9.17) is 13.6 Å². The third-order valence-electron chi connectivity index (χ3n) is 5.29. The predicted octanol–water partition coefficient (Wildman–Crippen LogP) is 6.13. The highest BCUT2D eigenvalue weighted by Gasteiger charge is 2.33. The van der Waals surface area contributed by atoms with Gasteiger partial charge in [0.2, 0.25) is 0 Å². The fourth-order valence-electron chi connectivity index (χ4n) is 3.76. The Labute approximate surface area is 203 Å². The summed E-state index contributed by atoms with van der Waals surface area (Å²) in [5.74, 6) is 0.481. The van der Waals surface area contributed by atoms with Gasteiger partial charge in [0.05, 0.1) is 36.4 Å². The summed E-state index contributed by atoms with van der Waals surface area (Å²) >= 11 is 2.87. The van der Waals surface area contributed by atoms with Gasteiger partial charge in [0.15, 0.2) is 27.3 Å². The normalized spacial score (nSPS) is 18.6. The fourth-order valence-corrected chi connectivity index (χ4v) is 5.25. The molecule has 5 rings (SSSR count). The summed E-state index contributed by atoms with van der Waals surface area (Å²) in [6, 6.07) is 7.28. The van der Waals surface area contributed by atoms with Crippen LogP contribution in [0.3, 0.4) is 0 Å². The second-order valence-electron chi connectivity index (χ2n) is 7.64. The zero-order valence-electron chi connectivity index (χ0n) is 18.2. The van der Waals surface area contributed by atoms with Crippen LogP contribution >= 0.6 is 22.7 Å². The van der Waals surface area contributed by atoms with Gasteiger partial charge < -0.3 is 13.6 Å². The average Bonchev–Trinajstić information content (AvgIpc) is 3.63. The summed E-state index contributed by atoms with van der Waals surface area (Å²) in [5, 5.41) is 5.19. The average molecular weight is 493 g/mol. The Kier molecular flexibility index (Phi) is 6.37. The molecule has 0 N–H and O–H groups in total. The topological polar surface area (TPSA) is 95.4 Å². The highest BCUT2D eigenvalue weighted by Crippen LogP contribution is 2.35. The van der Waals surface area contributed by atoms with Crippen LogP contribution in [-0.4, -0.2) is 28.3 Å². The van der Waals surface area contributed by atoms with Gasteiger partial charge in [-0.15, -0.1) is 22.7 Å². The zero-order chi connectivity index (χ0) is 23.5. The van der Waals surface area contributed by atoms with Crippen molar-refractivity contribution in [2.45, 2.75) is 19.8 Å². The van der Waals surface area contributed by atoms with E-state index >= 15 is 0 Å². The molecule has 0 aliphatic heterocycles. The summed E-state index contributed by atoms with van der Waals surface area (Å²) < 4.78 is 16.1. The second-order valence-corrected chi connectivity index (χ2v) is 9.35. The largest absolute Gasteiger partial charge is 0.466 e. The molecule has 4 aromatic heterocycles. The molecule has 4 aromatic rings. The molecule has 9 heteroatoms. The van der Waals surface area contributed by atoms with E-state index in [1.54, 1.807) is 43.7 Å². The van der Waals surface area contributed by atoms with Crippen molar-refractivity contribution < 1.29 is 23.2 Å². The Morgan fingerprint density at radius 2 is 1.53 bits per heavy atom. The first kappa shape index (κ1) is 22.2. The number of aromatic nitrogens is 2. The lowest BCUT2D eigenvalue weighted by molar-refractivity contribution is -0.148. The molecule has 0 bridgehead atoms. The van der Waals surface area contributed by atoms with Crippen LogP contribution in [-0.2, 0) is 14.3 Å². The van der Waals surface area contributed by atoms with Crippen LogP contribution in [0.15, 0.2) is 67.5 Å². The van der Waals surface area contributed by atoms with Crippen molar-refractivity contribution in [3.8, 4) is 21.5 Å². The van der Waals surface area contributed by atoms with E-state index < -0.39 is 5.92 Å². The van der Waals surface area contributed by atoms with Gasteiger partial charge >= 0.3 is 5.97 Å². The third-order valence-corrected chi connectivity index (χ3v) is 7.04. The molecule has 1 aliphatic rings. The van der Waals surface area contributed by atoms with Crippen LogP contribution in [0.1, 0.15) is 31.2 Å². The van der Waals surface area contributed by atoms with Gasteiger partial charge in [-0.1, -0.05) is 0 Å². The summed E-state index contributed by atoms with van der Waals surface area (Å²) in [7, 11) is 0. The Bertz CT molecular complexity index is 1270. The molecule has 0 spiro atoms. The smallest absolute Gasteiger partial charge is 0.309 e. The summed E-state index contributed by atoms with van der Waals surface area (Å²) in [5.41, 5.74) is 2.34. The number of thiazole rings is 2. The minimum absolute atomic E-state index is 0.111. The number of carbonyl (C=O) groups excluding carboxylic acids is 2. The molecule has 0 radical (unpaired) electrons. The van der Waals surface area contributed by atoms with E-state index in [9.17, 15) is 9.59 Å². The maximum atomic E-state index is 13.4. The SMILES string of the molecule is CCOC(=O)C1CC(=Cc2csc(-c3ccco3)n2)C(=O)C(=Cc2csc(-c3ccco3)n2)C1. The molecular formula is C25H20N2O5S2. The molecule has 0 aromatic carbocycles. The maximum absolute atomic E-state index is 13.4. The van der Waals surface area contributed by atoms with Crippen LogP contribution in [0.2, 0.25) is 0 Å². The lowest BCUT2D eigenvalue weighted by atomic mass is 9.80. The molecule has 1 fully saturated rings. The Balaban J connectivity index is 1.46. The number of carbonyl (C=O) groups is 2. The van der Waals surface area contributed by atoms with E-state index in [0.29, 0.717) is 53.5 Å². The zero-order valence-corrected chi connectivity index (χ0v) is 19.9. The fraction of sp³-hybridized carbons (Fsp3) is 0.200. The van der Waals surface area contributed by atoms with E-state index in [1.165, 1.54) is 22.7 Å². The van der Waals surface area contributed by atoms with E-state index in [2.05, 4.69) is 9.97 Å². The molecule has 0 atom stereocenters. The first-order valence-electron chi connectivity index (χ1n) is 10.7. The molecule has 1 saturated carbocycles. The van der Waals surface area contributed by atoms with Gasteiger partial charge in [-0.05, 0) is 56.2 Å². The van der Waals surface area contributed by atoms with Crippen molar-refractivity contribution in [1.82, 2.24) is 9.97 Å². The van der Waals surface area contributed by atoms with Gasteiger partial charge in [-0.25, -0.2) is 9.97 Å². The van der Waals surface area contributed by atoms with Crippen LogP contribution < -0.4 is 0 Å². The minimum atomic E-state index is -0.443. The first-order chi connectivity index (χ1) is 16.6. The quantitative estimate of drug-likeness (QED) is 0.236. The minimum Gasteiger partial charge on any atom is -0.466 e. The van der Waals surface area contributed by atoms with E-state index in [-0.39, 0.29) is 11.8 Å². The van der Waals surface area contributed by atoms with Crippen molar-refractivity contribution in [3.63, 3.8) is 0 Å². The third kappa shape index (κ3) is 4.71. The van der Waals surface area contributed by atoms with Gasteiger partial charge in [-0.3, -0.25) is 9.59 Å². The van der Waals surface area contributed by atoms with Crippen LogP contribution in [0.4, 0.5) is 0 Å². The number of hydrogen-bond acceptors (Lipinski definition) is 9. The molecule has 172 valence electrons. The maximum Gasteiger partial charge on any atom is 0.309 e. The van der Waals surface area contributed by atoms with Crippen molar-refractivity contribution >= 4 is 46.6 Å². The van der Waals surface area contributed by atoms with Crippen LogP contribution in [0.5, 0.6) is 0 Å². The lowest BCUT2D eigenvalue weighted by Crippen LogP contribution is -2.27. The monoisotopic (exact) mass is 492 g/mol. The molecule has 4 heterocycles. The molecular weight excluding hydrogens is 472 g/mol. The lowest BCUT2D eigenvalue weighted by Gasteiger charge is -2.24. The summed E-state index contributed by atoms with van der Waals surface area (Å²) in [6.07, 6.45) is 7.29. The second kappa shape index (κ2) is 9.74. The van der Waals surface area contributed by atoms with Crippen molar-refractivity contribution in [2.75, 3.05) is 6.61 Å². The molecule has 0 unspecified atom stereocenters. The number of allylic oxidation sites excluding steroid dienone is 2. The Morgan fingerprint density at radius 1 is 1.00 bits per heavy atom. The van der Waals surface area contributed by atoms with Crippen molar-refractivity contribution in [2.24, 2.45) is 5.92 Å². The molecule has 7 nitrogen and oxygen atoms in total. The molecule has 34 heavy (non-hydrogen) atoms. The number of nitrogens with zero attached hydrogens (tertiary/aromatic N) is 2. The Morgan fingerprint density at radius 3 is 1.97 bits per heavy atom. The highest BCUT2D eigenvalue weighted by atomic mass is 32.1. The Hall–Kier alpha value is -3.56. The van der Waals surface area contributed by atoms with Crippen molar-refractivity contribution in [3.05, 3.63) is 70.1 Å². The number of esters is 1. The molecule has 0 amide bonds. The van der Waals surface area contributed by atoms with Gasteiger partial charge in [0, 0.05) is 21.9 Å². The predicted molar refractivity (Wildman–Crippen MR) is 130 cm³/mol. The number of furan rings is 2. The standard InChI is InChI=1S/C25H20N2O5S2/c1-2-30-25(29)17-9-15(11-18-13-33-23(26-18)20-5-3-7-31-20)22(28)16(10-17)12-19-14-34-24(27-19)21-6-4-8-32-21/h3-8,11-14,17H,2,9-10H2,1H3. The van der Waals surface area contributed by atoms with Crippen molar-refractivity contribution in [1.29, 1.82) is 0 Å². The van der Waals surface area contributed by atoms with Crippen LogP contribution in [0.25, 0.3) is 33.7 Å².